The number of benzene rings is 1. The molecule has 3 aromatic heterocycles. The second kappa shape index (κ2) is 7.60. The maximum atomic E-state index is 4.79. The molecule has 0 amide bonds. The summed E-state index contributed by atoms with van der Waals surface area (Å²) >= 11 is 0. The van der Waals surface area contributed by atoms with Gasteiger partial charge in [-0.2, -0.15) is 5.10 Å². The van der Waals surface area contributed by atoms with E-state index in [9.17, 15) is 0 Å². The molecule has 0 saturated carbocycles. The number of fused-ring (bicyclic) bond motifs is 1. The van der Waals surface area contributed by atoms with Crippen LogP contribution >= 0.6 is 0 Å². The van der Waals surface area contributed by atoms with E-state index in [0.29, 0.717) is 0 Å². The van der Waals surface area contributed by atoms with E-state index in [1.165, 1.54) is 5.57 Å². The summed E-state index contributed by atoms with van der Waals surface area (Å²) in [6.45, 7) is 5.65. The van der Waals surface area contributed by atoms with Crippen LogP contribution in [0.4, 0.5) is 0 Å². The summed E-state index contributed by atoms with van der Waals surface area (Å²) in [6, 6.07) is 10.1. The molecule has 4 heterocycles. The summed E-state index contributed by atoms with van der Waals surface area (Å²) in [6.07, 6.45) is 10.9. The third kappa shape index (κ3) is 3.45. The Labute approximate surface area is 169 Å². The van der Waals surface area contributed by atoms with Gasteiger partial charge in [-0.05, 0) is 37.1 Å². The molecule has 7 nitrogen and oxygen atoms in total. The molecule has 0 saturated heterocycles. The molecule has 0 N–H and O–H groups in total. The number of hydrogen-bond donors (Lipinski definition) is 0. The van der Waals surface area contributed by atoms with Crippen LogP contribution in [0.2, 0.25) is 0 Å². The van der Waals surface area contributed by atoms with Crippen molar-refractivity contribution in [2.24, 2.45) is 0 Å². The Bertz CT molecular complexity index is 1160. The van der Waals surface area contributed by atoms with E-state index in [1.807, 2.05) is 35.1 Å². The molecule has 1 aromatic carbocycles. The van der Waals surface area contributed by atoms with Gasteiger partial charge >= 0.3 is 0 Å². The topological polar surface area (TPSA) is 64.7 Å². The highest BCUT2D eigenvalue weighted by molar-refractivity contribution is 5.77. The van der Waals surface area contributed by atoms with Crippen LogP contribution in [0.1, 0.15) is 24.7 Å². The van der Waals surface area contributed by atoms with Crippen molar-refractivity contribution in [3.05, 3.63) is 72.6 Å². The molecular formula is C22H23N7. The zero-order chi connectivity index (χ0) is 19.6. The number of rotatable bonds is 5. The van der Waals surface area contributed by atoms with Crippen molar-refractivity contribution >= 4 is 16.6 Å². The highest BCUT2D eigenvalue weighted by atomic mass is 15.4. The van der Waals surface area contributed by atoms with E-state index in [0.717, 1.165) is 61.0 Å². The molecule has 0 spiro atoms. The van der Waals surface area contributed by atoms with Gasteiger partial charge in [0, 0.05) is 43.8 Å². The lowest BCUT2D eigenvalue weighted by atomic mass is 10.0. The summed E-state index contributed by atoms with van der Waals surface area (Å²) < 4.78 is 4.09. The standard InChI is InChI=1S/C22H23N7/c1-2-28-20-7-4-3-6-19(20)26-22(28)29-15-18(14-25-29)17-8-12-27(13-9-17)16-21-23-10-5-11-24-21/h3-8,10-11,14-15H,2,9,12-13,16H2,1H3. The van der Waals surface area contributed by atoms with Gasteiger partial charge in [-0.1, -0.05) is 18.2 Å². The largest absolute Gasteiger partial charge is 0.309 e. The Morgan fingerprint density at radius 3 is 2.72 bits per heavy atom. The van der Waals surface area contributed by atoms with Crippen molar-refractivity contribution in [2.45, 2.75) is 26.4 Å². The molecule has 29 heavy (non-hydrogen) atoms. The van der Waals surface area contributed by atoms with Crippen LogP contribution in [0.3, 0.4) is 0 Å². The molecule has 0 aliphatic carbocycles. The van der Waals surface area contributed by atoms with Crippen LogP contribution in [0, 0.1) is 0 Å². The SMILES string of the molecule is CCn1c(-n2cc(C3=CCN(Cc4ncccn4)CC3)cn2)nc2ccccc21. The minimum absolute atomic E-state index is 0.782. The molecule has 1 aliphatic heterocycles. The van der Waals surface area contributed by atoms with E-state index in [2.05, 4.69) is 49.8 Å². The summed E-state index contributed by atoms with van der Waals surface area (Å²) in [5, 5.41) is 4.61. The van der Waals surface area contributed by atoms with Crippen LogP contribution < -0.4 is 0 Å². The van der Waals surface area contributed by atoms with Gasteiger partial charge in [0.15, 0.2) is 0 Å². The smallest absolute Gasteiger partial charge is 0.231 e. The maximum Gasteiger partial charge on any atom is 0.231 e. The predicted octanol–water partition coefficient (Wildman–Crippen LogP) is 3.32. The van der Waals surface area contributed by atoms with E-state index in [-0.39, 0.29) is 0 Å². The second-order valence-electron chi connectivity index (χ2n) is 7.20. The van der Waals surface area contributed by atoms with E-state index >= 15 is 0 Å². The molecule has 0 atom stereocenters. The van der Waals surface area contributed by atoms with Gasteiger partial charge in [-0.25, -0.2) is 19.6 Å². The molecule has 0 fully saturated rings. The fraction of sp³-hybridized carbons (Fsp3) is 0.273. The summed E-state index contributed by atoms with van der Waals surface area (Å²) in [5.74, 6) is 1.73. The highest BCUT2D eigenvalue weighted by Crippen LogP contribution is 2.24. The molecule has 7 heteroatoms. The number of aryl methyl sites for hydroxylation is 1. The first-order valence-corrected chi connectivity index (χ1v) is 10.00. The predicted molar refractivity (Wildman–Crippen MR) is 112 cm³/mol. The normalized spacial score (nSPS) is 15.0. The molecule has 1 aliphatic rings. The number of para-hydroxylation sites is 2. The van der Waals surface area contributed by atoms with Crippen molar-refractivity contribution < 1.29 is 0 Å². The number of aromatic nitrogens is 6. The quantitative estimate of drug-likeness (QED) is 0.527. The van der Waals surface area contributed by atoms with Crippen molar-refractivity contribution in [2.75, 3.05) is 13.1 Å². The minimum atomic E-state index is 0.782. The maximum absolute atomic E-state index is 4.79. The van der Waals surface area contributed by atoms with Crippen molar-refractivity contribution in [1.82, 2.24) is 34.2 Å². The van der Waals surface area contributed by atoms with Crippen LogP contribution in [-0.4, -0.2) is 47.3 Å². The van der Waals surface area contributed by atoms with Gasteiger partial charge in [0.05, 0.1) is 23.8 Å². The first-order valence-electron chi connectivity index (χ1n) is 10.00. The van der Waals surface area contributed by atoms with Gasteiger partial charge in [0.1, 0.15) is 5.82 Å². The molecular weight excluding hydrogens is 362 g/mol. The lowest BCUT2D eigenvalue weighted by Crippen LogP contribution is -2.28. The lowest BCUT2D eigenvalue weighted by Gasteiger charge is -2.25. The third-order valence-corrected chi connectivity index (χ3v) is 5.39. The van der Waals surface area contributed by atoms with E-state index in [1.54, 1.807) is 12.4 Å². The fourth-order valence-electron chi connectivity index (χ4n) is 3.88. The third-order valence-electron chi connectivity index (χ3n) is 5.39. The average molecular weight is 385 g/mol. The Balaban J connectivity index is 1.36. The number of imidazole rings is 1. The Morgan fingerprint density at radius 1 is 1.07 bits per heavy atom. The van der Waals surface area contributed by atoms with Crippen LogP contribution in [0.25, 0.3) is 22.6 Å². The Morgan fingerprint density at radius 2 is 1.93 bits per heavy atom. The van der Waals surface area contributed by atoms with Crippen molar-refractivity contribution in [3.63, 3.8) is 0 Å². The van der Waals surface area contributed by atoms with Crippen molar-refractivity contribution in [1.29, 1.82) is 0 Å². The molecule has 4 aromatic rings. The van der Waals surface area contributed by atoms with Crippen LogP contribution in [0.15, 0.2) is 61.2 Å². The van der Waals surface area contributed by atoms with Crippen LogP contribution in [-0.2, 0) is 13.1 Å². The van der Waals surface area contributed by atoms with Crippen molar-refractivity contribution in [3.8, 4) is 5.95 Å². The average Bonchev–Trinajstić information content (AvgIpc) is 3.39. The van der Waals surface area contributed by atoms with E-state index < -0.39 is 0 Å². The first kappa shape index (κ1) is 17.8. The van der Waals surface area contributed by atoms with Gasteiger partial charge in [0.2, 0.25) is 5.95 Å². The van der Waals surface area contributed by atoms with E-state index in [4.69, 9.17) is 4.98 Å². The summed E-state index contributed by atoms with van der Waals surface area (Å²) in [7, 11) is 0. The zero-order valence-corrected chi connectivity index (χ0v) is 16.4. The zero-order valence-electron chi connectivity index (χ0n) is 16.4. The molecule has 0 bridgehead atoms. The lowest BCUT2D eigenvalue weighted by molar-refractivity contribution is 0.286. The minimum Gasteiger partial charge on any atom is -0.309 e. The highest BCUT2D eigenvalue weighted by Gasteiger charge is 2.17. The summed E-state index contributed by atoms with van der Waals surface area (Å²) in [5.41, 5.74) is 4.63. The number of nitrogens with zero attached hydrogens (tertiary/aromatic N) is 7. The molecule has 146 valence electrons. The van der Waals surface area contributed by atoms with Crippen LogP contribution in [0.5, 0.6) is 0 Å². The monoisotopic (exact) mass is 385 g/mol. The summed E-state index contributed by atoms with van der Waals surface area (Å²) in [4.78, 5) is 15.8. The molecule has 5 rings (SSSR count). The second-order valence-corrected chi connectivity index (χ2v) is 7.20. The number of hydrogen-bond acceptors (Lipinski definition) is 5. The van der Waals surface area contributed by atoms with Gasteiger partial charge in [-0.15, -0.1) is 0 Å². The van der Waals surface area contributed by atoms with Gasteiger partial charge in [-0.3, -0.25) is 4.90 Å². The Kier molecular flexibility index (Phi) is 4.65. The fourth-order valence-corrected chi connectivity index (χ4v) is 3.88. The van der Waals surface area contributed by atoms with Gasteiger partial charge in [0.25, 0.3) is 0 Å². The molecule has 0 unspecified atom stereocenters. The first-order chi connectivity index (χ1) is 14.3. The van der Waals surface area contributed by atoms with Gasteiger partial charge < -0.3 is 4.57 Å². The Hall–Kier alpha value is -3.32. The molecule has 0 radical (unpaired) electrons.